The molecule has 1 aliphatic heterocycles. The Labute approximate surface area is 153 Å². The Morgan fingerprint density at radius 1 is 1.20 bits per heavy atom. The Hall–Kier alpha value is -1.82. The second-order valence-electron chi connectivity index (χ2n) is 6.32. The second-order valence-corrected chi connectivity index (χ2v) is 6.72. The summed E-state index contributed by atoms with van der Waals surface area (Å²) >= 11 is 6.40. The van der Waals surface area contributed by atoms with Gasteiger partial charge in [0.2, 0.25) is 0 Å². The number of rotatable bonds is 6. The van der Waals surface area contributed by atoms with Gasteiger partial charge in [-0.25, -0.2) is 0 Å². The number of hydrogen-bond donors (Lipinski definition) is 1. The summed E-state index contributed by atoms with van der Waals surface area (Å²) in [5.41, 5.74) is 2.60. The molecule has 1 aromatic heterocycles. The normalized spacial score (nSPS) is 15.3. The van der Waals surface area contributed by atoms with Crippen molar-refractivity contribution < 1.29 is 4.74 Å². The monoisotopic (exact) mass is 361 g/mol. The molecule has 1 aliphatic rings. The summed E-state index contributed by atoms with van der Waals surface area (Å²) in [7, 11) is 0. The lowest BCUT2D eigenvalue weighted by Gasteiger charge is -2.26. The molecule has 6 heteroatoms. The number of halogens is 1. The Balaban J connectivity index is 1.58. The van der Waals surface area contributed by atoms with Crippen LogP contribution in [0.25, 0.3) is 5.69 Å². The molecule has 2 heterocycles. The van der Waals surface area contributed by atoms with Gasteiger partial charge < -0.3 is 10.1 Å². The molecule has 0 saturated carbocycles. The van der Waals surface area contributed by atoms with Crippen molar-refractivity contribution in [2.24, 2.45) is 0 Å². The van der Waals surface area contributed by atoms with Gasteiger partial charge in [0.1, 0.15) is 0 Å². The molecular weight excluding hydrogens is 338 g/mol. The van der Waals surface area contributed by atoms with Crippen LogP contribution < -0.4 is 10.9 Å². The number of nitrogens with one attached hydrogen (secondary N) is 1. The molecule has 0 unspecified atom stereocenters. The van der Waals surface area contributed by atoms with Crippen LogP contribution >= 0.6 is 11.6 Å². The van der Waals surface area contributed by atoms with E-state index in [4.69, 9.17) is 16.3 Å². The zero-order valence-electron chi connectivity index (χ0n) is 14.5. The number of pyridine rings is 1. The topological polar surface area (TPSA) is 46.5 Å². The summed E-state index contributed by atoms with van der Waals surface area (Å²) in [5, 5.41) is 3.96. The van der Waals surface area contributed by atoms with E-state index in [1.807, 2.05) is 25.1 Å². The van der Waals surface area contributed by atoms with Crippen LogP contribution in [-0.2, 0) is 4.74 Å². The van der Waals surface area contributed by atoms with E-state index in [1.165, 1.54) is 0 Å². The molecule has 5 nitrogen and oxygen atoms in total. The number of nitrogens with zero attached hydrogens (tertiary/aromatic N) is 2. The fourth-order valence-electron chi connectivity index (χ4n) is 2.95. The highest BCUT2D eigenvalue weighted by Crippen LogP contribution is 2.23. The van der Waals surface area contributed by atoms with E-state index in [1.54, 1.807) is 22.9 Å². The predicted octanol–water partition coefficient (Wildman–Crippen LogP) is 2.93. The first-order valence-corrected chi connectivity index (χ1v) is 9.04. The molecule has 0 spiro atoms. The summed E-state index contributed by atoms with van der Waals surface area (Å²) in [6.45, 7) is 7.62. The van der Waals surface area contributed by atoms with Crippen LogP contribution in [0.3, 0.4) is 0 Å². The van der Waals surface area contributed by atoms with E-state index in [-0.39, 0.29) is 5.56 Å². The number of benzene rings is 1. The van der Waals surface area contributed by atoms with Gasteiger partial charge in [-0.05, 0) is 43.7 Å². The maximum Gasteiger partial charge on any atom is 0.255 e. The first-order valence-electron chi connectivity index (χ1n) is 8.67. The van der Waals surface area contributed by atoms with E-state index in [0.717, 1.165) is 57.1 Å². The summed E-state index contributed by atoms with van der Waals surface area (Å²) in [6, 6.07) is 9.08. The molecule has 0 radical (unpaired) electrons. The van der Waals surface area contributed by atoms with Crippen molar-refractivity contribution in [2.75, 3.05) is 44.7 Å². The fourth-order valence-corrected chi connectivity index (χ4v) is 3.23. The lowest BCUT2D eigenvalue weighted by atomic mass is 10.2. The standard InChI is InChI=1S/C19H24ClN3O2/c1-15-3-6-19(24)23(14-15)18-5-4-16(13-17(18)20)21-7-2-8-22-9-11-25-12-10-22/h3-6,13-14,21H,2,7-12H2,1H3. The Morgan fingerprint density at radius 2 is 2.00 bits per heavy atom. The molecule has 0 atom stereocenters. The average Bonchev–Trinajstić information content (AvgIpc) is 2.62. The highest BCUT2D eigenvalue weighted by atomic mass is 35.5. The van der Waals surface area contributed by atoms with Gasteiger partial charge in [-0.1, -0.05) is 17.7 Å². The van der Waals surface area contributed by atoms with Crippen molar-refractivity contribution in [2.45, 2.75) is 13.3 Å². The van der Waals surface area contributed by atoms with E-state index in [9.17, 15) is 4.79 Å². The molecule has 1 saturated heterocycles. The minimum absolute atomic E-state index is 0.0845. The number of hydrogen-bond acceptors (Lipinski definition) is 4. The smallest absolute Gasteiger partial charge is 0.255 e. The van der Waals surface area contributed by atoms with Gasteiger partial charge in [0, 0.05) is 37.6 Å². The SMILES string of the molecule is Cc1ccc(=O)n(-c2ccc(NCCCN3CCOCC3)cc2Cl)c1. The van der Waals surface area contributed by atoms with Crippen molar-refractivity contribution in [3.8, 4) is 5.69 Å². The van der Waals surface area contributed by atoms with Crippen molar-refractivity contribution in [3.63, 3.8) is 0 Å². The van der Waals surface area contributed by atoms with Crippen LogP contribution in [0.15, 0.2) is 41.3 Å². The summed E-state index contributed by atoms with van der Waals surface area (Å²) in [6.07, 6.45) is 2.87. The molecule has 0 aliphatic carbocycles. The van der Waals surface area contributed by atoms with Crippen LogP contribution in [0.2, 0.25) is 5.02 Å². The Bertz CT molecular complexity index is 770. The lowest BCUT2D eigenvalue weighted by Crippen LogP contribution is -2.37. The van der Waals surface area contributed by atoms with Crippen LogP contribution in [-0.4, -0.2) is 48.9 Å². The summed E-state index contributed by atoms with van der Waals surface area (Å²) in [5.74, 6) is 0. The van der Waals surface area contributed by atoms with Crippen LogP contribution in [0, 0.1) is 6.92 Å². The number of aromatic nitrogens is 1. The first kappa shape index (κ1) is 18.0. The number of ether oxygens (including phenoxy) is 1. The van der Waals surface area contributed by atoms with Crippen LogP contribution in [0.5, 0.6) is 0 Å². The molecule has 1 fully saturated rings. The van der Waals surface area contributed by atoms with Gasteiger partial charge in [-0.3, -0.25) is 14.3 Å². The second kappa shape index (κ2) is 8.52. The van der Waals surface area contributed by atoms with Gasteiger partial charge in [0.05, 0.1) is 23.9 Å². The average molecular weight is 362 g/mol. The minimum atomic E-state index is -0.0845. The van der Waals surface area contributed by atoms with Crippen molar-refractivity contribution >= 4 is 17.3 Å². The largest absolute Gasteiger partial charge is 0.385 e. The molecule has 25 heavy (non-hydrogen) atoms. The third-order valence-electron chi connectivity index (χ3n) is 4.35. The highest BCUT2D eigenvalue weighted by Gasteiger charge is 2.09. The number of anilines is 1. The molecule has 2 aromatic rings. The van der Waals surface area contributed by atoms with Crippen LogP contribution in [0.4, 0.5) is 5.69 Å². The molecule has 3 rings (SSSR count). The van der Waals surface area contributed by atoms with E-state index >= 15 is 0 Å². The van der Waals surface area contributed by atoms with Crippen LogP contribution in [0.1, 0.15) is 12.0 Å². The zero-order valence-corrected chi connectivity index (χ0v) is 15.3. The molecule has 134 valence electrons. The van der Waals surface area contributed by atoms with Gasteiger partial charge >= 0.3 is 0 Å². The fraction of sp³-hybridized carbons (Fsp3) is 0.421. The van der Waals surface area contributed by atoms with Crippen molar-refractivity contribution in [3.05, 3.63) is 57.5 Å². The van der Waals surface area contributed by atoms with E-state index < -0.39 is 0 Å². The highest BCUT2D eigenvalue weighted by molar-refractivity contribution is 6.32. The van der Waals surface area contributed by atoms with Gasteiger partial charge in [-0.15, -0.1) is 0 Å². The quantitative estimate of drug-likeness (QED) is 0.803. The molecule has 0 amide bonds. The molecule has 1 aromatic carbocycles. The maximum atomic E-state index is 12.0. The molecule has 0 bridgehead atoms. The zero-order chi connectivity index (χ0) is 17.6. The van der Waals surface area contributed by atoms with E-state index in [2.05, 4.69) is 10.2 Å². The third-order valence-corrected chi connectivity index (χ3v) is 4.65. The number of morpholine rings is 1. The molecular formula is C19H24ClN3O2. The van der Waals surface area contributed by atoms with E-state index in [0.29, 0.717) is 10.7 Å². The van der Waals surface area contributed by atoms with Crippen molar-refractivity contribution in [1.82, 2.24) is 9.47 Å². The predicted molar refractivity (Wildman–Crippen MR) is 102 cm³/mol. The van der Waals surface area contributed by atoms with Crippen molar-refractivity contribution in [1.29, 1.82) is 0 Å². The number of aryl methyl sites for hydroxylation is 1. The third kappa shape index (κ3) is 4.84. The Kier molecular flexibility index (Phi) is 6.13. The van der Waals surface area contributed by atoms with Gasteiger partial charge in [-0.2, -0.15) is 0 Å². The summed E-state index contributed by atoms with van der Waals surface area (Å²) in [4.78, 5) is 14.5. The maximum absolute atomic E-state index is 12.0. The van der Waals surface area contributed by atoms with Gasteiger partial charge in [0.15, 0.2) is 0 Å². The van der Waals surface area contributed by atoms with Gasteiger partial charge in [0.25, 0.3) is 5.56 Å². The summed E-state index contributed by atoms with van der Waals surface area (Å²) < 4.78 is 6.94. The lowest BCUT2D eigenvalue weighted by molar-refractivity contribution is 0.0378. The molecule has 1 N–H and O–H groups in total. The Morgan fingerprint density at radius 3 is 2.76 bits per heavy atom. The minimum Gasteiger partial charge on any atom is -0.385 e. The first-order chi connectivity index (χ1) is 12.1.